The van der Waals surface area contributed by atoms with Gasteiger partial charge in [0.1, 0.15) is 0 Å². The number of hydrogen-bond acceptors (Lipinski definition) is 6. The summed E-state index contributed by atoms with van der Waals surface area (Å²) in [6, 6.07) is 0. The van der Waals surface area contributed by atoms with Crippen LogP contribution in [0.15, 0.2) is 0 Å². The van der Waals surface area contributed by atoms with Crippen LogP contribution >= 0.6 is 0 Å². The van der Waals surface area contributed by atoms with Gasteiger partial charge in [0.05, 0.1) is 6.61 Å². The third-order valence-electron chi connectivity index (χ3n) is 1.67. The summed E-state index contributed by atoms with van der Waals surface area (Å²) in [7, 11) is 0. The maximum absolute atomic E-state index is 10.8. The predicted molar refractivity (Wildman–Crippen MR) is 80.5 cm³/mol. The second-order valence-corrected chi connectivity index (χ2v) is 3.54. The summed E-state index contributed by atoms with van der Waals surface area (Å²) < 4.78 is 8.97. The second kappa shape index (κ2) is 181. The molecular weight excluding hydrogens is 2680 g/mol. The first-order valence-corrected chi connectivity index (χ1v) is 6.93. The standard InChI is InChI=1S/C9H16O3.C3H5NO.C3H7O.9Rf/c1-2-6-9(11)12-8-5-3-4-7-10;1-2-5-3-4;1-2-3-4;;;;;;;;;/h4-5,10H,2-3,6-8H2,1H3;2H2,1H3;2,4H,3H2,1H3;;;;;;;;;/q-2;;-1;;;;;;;;;. The molecule has 2 N–H and O–H groups in total. The van der Waals surface area contributed by atoms with Crippen LogP contribution in [0.5, 0.6) is 0 Å². The number of unbranched alkanes of at least 4 members (excludes halogenated alkanes) is 2. The molecule has 0 atom stereocenters. The first-order chi connectivity index (χ1) is 10.1. The quantitative estimate of drug-likeness (QED) is 0.159. The van der Waals surface area contributed by atoms with Crippen molar-refractivity contribution in [2.24, 2.45) is 0 Å². The Morgan fingerprint density at radius 2 is 1.33 bits per heavy atom. The van der Waals surface area contributed by atoms with Crippen LogP contribution in [0.1, 0.15) is 40.0 Å². The average Bonchev–Trinajstić information content (AvgIpc) is 2.49. The Kier molecular flexibility index (Phi) is 702. The van der Waals surface area contributed by atoms with Crippen molar-refractivity contribution in [2.75, 3.05) is 26.4 Å². The molecule has 30 heavy (non-hydrogen) atoms. The van der Waals surface area contributed by atoms with Crippen molar-refractivity contribution < 1.29 is 24.5 Å². The SMILES string of the molecule is CCCC(=O)OC[CH-]C[CH-]CO.CCOC#N.C[CH-]CO.[Rf].[Rf].[Rf].[Rf].[Rf].[Rf].[Rf].[Rf].[Rf]. The van der Waals surface area contributed by atoms with Gasteiger partial charge in [0, 0.05) is 6.42 Å². The molecule has 0 amide bonds. The summed E-state index contributed by atoms with van der Waals surface area (Å²) in [4.78, 5) is 10.8. The minimum absolute atomic E-state index is 0. The number of aliphatic hydroxyl groups excluding tert-OH is 2. The fourth-order valence-electron chi connectivity index (χ4n) is 0.753. The predicted octanol–water partition coefficient (Wildman–Crippen LogP) is 1.83. The van der Waals surface area contributed by atoms with Crippen molar-refractivity contribution in [3.8, 4) is 6.26 Å². The van der Waals surface area contributed by atoms with E-state index in [0.29, 0.717) is 26.1 Å². The van der Waals surface area contributed by atoms with E-state index in [2.05, 4.69) is 4.74 Å². The minimum Gasteiger partial charge on any atom is -0.499 e. The van der Waals surface area contributed by atoms with E-state index < -0.39 is 0 Å². The van der Waals surface area contributed by atoms with Crippen molar-refractivity contribution in [2.45, 2.75) is 40.0 Å². The Morgan fingerprint density at radius 3 is 1.57 bits per heavy atom. The van der Waals surface area contributed by atoms with Crippen LogP contribution in [0.3, 0.4) is 0 Å². The zero-order chi connectivity index (χ0) is 16.8. The summed E-state index contributed by atoms with van der Waals surface area (Å²) >= 11 is 0. The molecule has 0 radical (unpaired) electrons. The molecule has 0 bridgehead atoms. The third-order valence-corrected chi connectivity index (χ3v) is 1.67. The van der Waals surface area contributed by atoms with E-state index in [4.69, 9.17) is 20.2 Å². The first kappa shape index (κ1) is 116. The number of nitriles is 1. The monoisotopic (exact) mass is 2710 g/mol. The number of carbonyl (C=O) groups excluding carboxylic acids is 1. The van der Waals surface area contributed by atoms with Gasteiger partial charge in [-0.1, -0.05) is 20.1 Å². The van der Waals surface area contributed by atoms with E-state index in [1.54, 1.807) is 26.7 Å². The van der Waals surface area contributed by atoms with Gasteiger partial charge >= 0.3 is 5.97 Å². The van der Waals surface area contributed by atoms with Gasteiger partial charge in [-0.15, -0.1) is 0 Å². The van der Waals surface area contributed by atoms with Crippen molar-refractivity contribution in [1.82, 2.24) is 0 Å². The van der Waals surface area contributed by atoms with Crippen LogP contribution in [0.25, 0.3) is 0 Å². The number of ether oxygens (including phenoxy) is 2. The van der Waals surface area contributed by atoms with E-state index >= 15 is 0 Å². The number of aliphatic hydroxyl groups is 2. The van der Waals surface area contributed by atoms with Crippen molar-refractivity contribution >= 4 is 5.97 Å². The molecule has 0 spiro atoms. The Labute approximate surface area is 128 Å². The first-order valence-electron chi connectivity index (χ1n) is 6.93. The van der Waals surface area contributed by atoms with Gasteiger partial charge in [-0.2, -0.15) is 12.2 Å². The molecule has 0 saturated carbocycles. The van der Waals surface area contributed by atoms with Crippen LogP contribution in [-0.2, 0) is 14.3 Å². The Morgan fingerprint density at radius 1 is 0.900 bits per heavy atom. The smallest absolute Gasteiger partial charge is 0.303 e. The van der Waals surface area contributed by atoms with E-state index in [-0.39, 0.29) is 19.2 Å². The summed E-state index contributed by atoms with van der Waals surface area (Å²) in [6.45, 7) is 6.60. The van der Waals surface area contributed by atoms with E-state index in [1.807, 2.05) is 13.3 Å². The second-order valence-electron chi connectivity index (χ2n) is 3.54. The molecule has 0 aliphatic heterocycles. The van der Waals surface area contributed by atoms with Crippen LogP contribution in [-0.4, -0.2) is 42.6 Å². The molecule has 0 aromatic heterocycles. The molecule has 144 valence electrons. The van der Waals surface area contributed by atoms with Crippen LogP contribution < -0.4 is 0 Å². The topological polar surface area (TPSA) is 99.8 Å². The van der Waals surface area contributed by atoms with E-state index in [9.17, 15) is 4.79 Å². The summed E-state index contributed by atoms with van der Waals surface area (Å²) in [5, 5.41) is 23.8. The van der Waals surface area contributed by atoms with Gasteiger partial charge in [0.2, 0.25) is 0 Å². The molecule has 0 saturated heterocycles. The molecule has 0 aliphatic rings. The van der Waals surface area contributed by atoms with Gasteiger partial charge in [-0.25, -0.2) is 0 Å². The number of rotatable bonds is 9. The number of hydrogen-bond donors (Lipinski definition) is 2. The summed E-state index contributed by atoms with van der Waals surface area (Å²) in [5.41, 5.74) is 0. The van der Waals surface area contributed by atoms with Gasteiger partial charge < -0.3 is 45.4 Å². The molecule has 0 rings (SSSR count). The van der Waals surface area contributed by atoms with Crippen LogP contribution in [0.2, 0.25) is 0 Å². The Balaban J connectivity index is -0.0000000160. The molecule has 0 fully saturated rings. The van der Waals surface area contributed by atoms with Gasteiger partial charge in [0.15, 0.2) is 0 Å². The van der Waals surface area contributed by atoms with Gasteiger partial charge in [0.25, 0.3) is 6.26 Å². The summed E-state index contributed by atoms with van der Waals surface area (Å²) in [5.74, 6) is -0.155. The number of carbonyl (C=O) groups is 1. The molecule has 6 nitrogen and oxygen atoms in total. The Hall–Kier alpha value is -10.3. The fraction of sp³-hybridized carbons (Fsp3) is 0.667. The van der Waals surface area contributed by atoms with E-state index in [0.717, 1.165) is 6.42 Å². The van der Waals surface area contributed by atoms with Crippen molar-refractivity contribution in [3.05, 3.63) is 19.3 Å². The van der Waals surface area contributed by atoms with Crippen LogP contribution in [0.4, 0.5) is 0 Å². The maximum atomic E-state index is 10.8. The third kappa shape index (κ3) is 685. The maximum Gasteiger partial charge on any atom is 0.303 e. The van der Waals surface area contributed by atoms with Crippen molar-refractivity contribution in [1.29, 1.82) is 5.26 Å². The molecule has 0 unspecified atom stereocenters. The molecule has 15 heteroatoms. The average molecular weight is 2710 g/mol. The molecule has 0 aromatic carbocycles. The number of nitrogens with zero attached hydrogens (tertiary/aromatic N) is 1. The molecule has 0 aliphatic carbocycles. The van der Waals surface area contributed by atoms with Gasteiger partial charge in [-0.05, 0) is 20.0 Å². The molecule has 0 heterocycles. The van der Waals surface area contributed by atoms with Crippen LogP contribution in [0, 0.1) is 30.8 Å². The minimum atomic E-state index is -0.155. The largest absolute Gasteiger partial charge is 0.499 e. The normalized spacial score (nSPS) is 5.87. The van der Waals surface area contributed by atoms with Gasteiger partial charge in [-0.3, -0.25) is 4.79 Å². The molecule has 0 aromatic rings. The fourth-order valence-corrected chi connectivity index (χ4v) is 0.753. The molecular formula is C15H28NO5Rf9-3. The zero-order valence-corrected chi connectivity index (χ0v) is 77.2. The van der Waals surface area contributed by atoms with E-state index in [1.165, 1.54) is 6.26 Å². The summed E-state index contributed by atoms with van der Waals surface area (Å²) in [6.07, 6.45) is 8.69. The zero-order valence-electron chi connectivity index (χ0n) is 19.6. The number of esters is 1. The Bertz CT molecular complexity index is 253. The van der Waals surface area contributed by atoms with Crippen molar-refractivity contribution in [3.63, 3.8) is 0 Å².